The first kappa shape index (κ1) is 15.1. The topological polar surface area (TPSA) is 17.1 Å². The lowest BCUT2D eigenvalue weighted by Gasteiger charge is -2.10. The van der Waals surface area contributed by atoms with Crippen molar-refractivity contribution in [2.24, 2.45) is 0 Å². The molecule has 5 aromatic rings. The summed E-state index contributed by atoms with van der Waals surface area (Å²) >= 11 is 0. The molecule has 5 rings (SSSR count). The van der Waals surface area contributed by atoms with Crippen molar-refractivity contribution in [3.63, 3.8) is 0 Å². The molecule has 0 N–H and O–H groups in total. The quantitative estimate of drug-likeness (QED) is 0.254. The Morgan fingerprint density at radius 3 is 1.88 bits per heavy atom. The lowest BCUT2D eigenvalue weighted by Crippen LogP contribution is -1.95. The zero-order valence-corrected chi connectivity index (χ0v) is 14.6. The van der Waals surface area contributed by atoms with Gasteiger partial charge in [0.15, 0.2) is 5.78 Å². The molecule has 0 aliphatic rings. The Labute approximate surface area is 151 Å². The van der Waals surface area contributed by atoms with E-state index >= 15 is 0 Å². The maximum Gasteiger partial charge on any atom is 0.162 e. The third-order valence-corrected chi connectivity index (χ3v) is 5.38. The number of Topliss-reactive ketones (excluding diaryl/α,β-unsaturated/α-hetero) is 1. The van der Waals surface area contributed by atoms with Crippen molar-refractivity contribution in [3.8, 4) is 0 Å². The van der Waals surface area contributed by atoms with E-state index in [9.17, 15) is 4.79 Å². The number of rotatable bonds is 2. The Morgan fingerprint density at radius 2 is 1.15 bits per heavy atom. The minimum absolute atomic E-state index is 0.190. The Morgan fingerprint density at radius 1 is 0.615 bits per heavy atom. The highest BCUT2D eigenvalue weighted by atomic mass is 16.1. The zero-order chi connectivity index (χ0) is 17.7. The van der Waals surface area contributed by atoms with Crippen LogP contribution in [-0.2, 0) is 0 Å². The van der Waals surface area contributed by atoms with Crippen LogP contribution in [0.1, 0.15) is 23.7 Å². The maximum atomic E-state index is 12.2. The number of carbonyl (C=O) groups excluding carboxylic acids is 1. The van der Waals surface area contributed by atoms with Crippen LogP contribution in [0.3, 0.4) is 0 Å². The van der Waals surface area contributed by atoms with Gasteiger partial charge in [-0.05, 0) is 49.2 Å². The summed E-state index contributed by atoms with van der Waals surface area (Å²) < 4.78 is 0. The second-order valence-corrected chi connectivity index (χ2v) is 6.82. The molecule has 5 aromatic carbocycles. The average Bonchev–Trinajstić information content (AvgIpc) is 2.71. The summed E-state index contributed by atoms with van der Waals surface area (Å²) in [4.78, 5) is 12.2. The van der Waals surface area contributed by atoms with Crippen molar-refractivity contribution in [3.05, 3.63) is 84.4 Å². The van der Waals surface area contributed by atoms with Gasteiger partial charge in [-0.15, -0.1) is 0 Å². The monoisotopic (exact) mass is 334 g/mol. The highest BCUT2D eigenvalue weighted by Gasteiger charge is 2.09. The number of carbonyl (C=O) groups is 1. The van der Waals surface area contributed by atoms with E-state index < -0.39 is 0 Å². The first-order valence-electron chi connectivity index (χ1n) is 9.06. The minimum Gasteiger partial charge on any atom is -0.294 e. The molecule has 1 heteroatoms. The molecule has 0 unspecified atom stereocenters. The van der Waals surface area contributed by atoms with Crippen LogP contribution in [0.15, 0.2) is 78.9 Å². The van der Waals surface area contributed by atoms with E-state index in [1.54, 1.807) is 0 Å². The van der Waals surface area contributed by atoms with E-state index in [4.69, 9.17) is 0 Å². The summed E-state index contributed by atoms with van der Waals surface area (Å²) in [5, 5.41) is 9.84. The van der Waals surface area contributed by atoms with Crippen LogP contribution in [0, 0.1) is 0 Å². The van der Waals surface area contributed by atoms with Crippen molar-refractivity contribution < 1.29 is 4.79 Å². The molecule has 0 saturated carbocycles. The molecule has 0 radical (unpaired) electrons. The van der Waals surface area contributed by atoms with Gasteiger partial charge in [0.1, 0.15) is 0 Å². The molecule has 0 heterocycles. The van der Waals surface area contributed by atoms with E-state index in [0.717, 1.165) is 10.9 Å². The average molecular weight is 334 g/mol. The molecule has 0 aliphatic carbocycles. The number of benzene rings is 5. The standard InChI is InChI=1S/C25H18O/c1-2-25(26)18-8-7-17-10-12-22-21-11-9-16-5-3-4-6-19(16)20(21)13-14-23(22)24(17)15-18/h3-15H,2H2,1H3. The molecule has 0 bridgehead atoms. The molecular weight excluding hydrogens is 316 g/mol. The van der Waals surface area contributed by atoms with E-state index in [1.807, 2.05) is 13.0 Å². The molecular formula is C25H18O. The minimum atomic E-state index is 0.190. The van der Waals surface area contributed by atoms with Crippen LogP contribution in [0.5, 0.6) is 0 Å². The van der Waals surface area contributed by atoms with Crippen molar-refractivity contribution in [2.45, 2.75) is 13.3 Å². The Balaban J connectivity index is 1.91. The predicted octanol–water partition coefficient (Wildman–Crippen LogP) is 6.89. The van der Waals surface area contributed by atoms with Crippen LogP contribution in [0.2, 0.25) is 0 Å². The van der Waals surface area contributed by atoms with Gasteiger partial charge in [-0.2, -0.15) is 0 Å². The highest BCUT2D eigenvalue weighted by molar-refractivity contribution is 6.22. The molecule has 0 saturated heterocycles. The van der Waals surface area contributed by atoms with Crippen molar-refractivity contribution in [1.29, 1.82) is 0 Å². The number of hydrogen-bond donors (Lipinski definition) is 0. The van der Waals surface area contributed by atoms with Gasteiger partial charge in [0.2, 0.25) is 0 Å². The molecule has 0 spiro atoms. The molecule has 1 nitrogen and oxygen atoms in total. The first-order valence-corrected chi connectivity index (χ1v) is 9.06. The number of ketones is 1. The van der Waals surface area contributed by atoms with Crippen molar-refractivity contribution >= 4 is 48.9 Å². The second-order valence-electron chi connectivity index (χ2n) is 6.82. The van der Waals surface area contributed by atoms with E-state index in [2.05, 4.69) is 72.8 Å². The van der Waals surface area contributed by atoms with E-state index in [0.29, 0.717) is 6.42 Å². The molecule has 0 aliphatic heterocycles. The summed E-state index contributed by atoms with van der Waals surface area (Å²) in [6.45, 7) is 1.91. The van der Waals surface area contributed by atoms with Gasteiger partial charge in [-0.3, -0.25) is 4.79 Å². The molecule has 124 valence electrons. The zero-order valence-electron chi connectivity index (χ0n) is 14.6. The fourth-order valence-corrected chi connectivity index (χ4v) is 4.01. The molecule has 0 fully saturated rings. The van der Waals surface area contributed by atoms with Gasteiger partial charge in [0.05, 0.1) is 0 Å². The lowest BCUT2D eigenvalue weighted by molar-refractivity contribution is 0.0988. The van der Waals surface area contributed by atoms with Crippen LogP contribution in [0.25, 0.3) is 43.1 Å². The second kappa shape index (κ2) is 5.67. The van der Waals surface area contributed by atoms with Crippen molar-refractivity contribution in [1.82, 2.24) is 0 Å². The third kappa shape index (κ3) is 2.14. The SMILES string of the molecule is CCC(=O)c1ccc2ccc3c(ccc4c5ccccc5ccc43)c2c1. The normalized spacial score (nSPS) is 11.6. The van der Waals surface area contributed by atoms with Gasteiger partial charge in [-0.1, -0.05) is 79.7 Å². The van der Waals surface area contributed by atoms with E-state index in [1.165, 1.54) is 37.7 Å². The summed E-state index contributed by atoms with van der Waals surface area (Å²) in [5.41, 5.74) is 0.797. The molecule has 0 aromatic heterocycles. The number of hydrogen-bond acceptors (Lipinski definition) is 1. The summed E-state index contributed by atoms with van der Waals surface area (Å²) in [7, 11) is 0. The Kier molecular flexibility index (Phi) is 3.29. The van der Waals surface area contributed by atoms with E-state index in [-0.39, 0.29) is 5.78 Å². The predicted molar refractivity (Wildman–Crippen MR) is 111 cm³/mol. The fourth-order valence-electron chi connectivity index (χ4n) is 4.01. The summed E-state index contributed by atoms with van der Waals surface area (Å²) in [6, 6.07) is 27.7. The van der Waals surface area contributed by atoms with Gasteiger partial charge >= 0.3 is 0 Å². The van der Waals surface area contributed by atoms with Crippen LogP contribution >= 0.6 is 0 Å². The lowest BCUT2D eigenvalue weighted by atomic mass is 9.93. The van der Waals surface area contributed by atoms with Gasteiger partial charge < -0.3 is 0 Å². The van der Waals surface area contributed by atoms with Crippen LogP contribution in [0.4, 0.5) is 0 Å². The van der Waals surface area contributed by atoms with Gasteiger partial charge in [-0.25, -0.2) is 0 Å². The molecule has 26 heavy (non-hydrogen) atoms. The smallest absolute Gasteiger partial charge is 0.162 e. The third-order valence-electron chi connectivity index (χ3n) is 5.38. The fraction of sp³-hybridized carbons (Fsp3) is 0.0800. The highest BCUT2D eigenvalue weighted by Crippen LogP contribution is 2.35. The largest absolute Gasteiger partial charge is 0.294 e. The Hall–Kier alpha value is -3.19. The van der Waals surface area contributed by atoms with Gasteiger partial charge in [0.25, 0.3) is 0 Å². The summed E-state index contributed by atoms with van der Waals surface area (Å²) in [6.07, 6.45) is 0.533. The van der Waals surface area contributed by atoms with Gasteiger partial charge in [0, 0.05) is 12.0 Å². The summed E-state index contributed by atoms with van der Waals surface area (Å²) in [5.74, 6) is 0.190. The number of fused-ring (bicyclic) bond motifs is 7. The molecule has 0 atom stereocenters. The van der Waals surface area contributed by atoms with Crippen LogP contribution < -0.4 is 0 Å². The van der Waals surface area contributed by atoms with Crippen LogP contribution in [-0.4, -0.2) is 5.78 Å². The maximum absolute atomic E-state index is 12.2. The first-order chi connectivity index (χ1) is 12.8. The molecule has 0 amide bonds. The van der Waals surface area contributed by atoms with Crippen molar-refractivity contribution in [2.75, 3.05) is 0 Å². The Bertz CT molecular complexity index is 1330.